The summed E-state index contributed by atoms with van der Waals surface area (Å²) in [4.78, 5) is 34.9. The second-order valence-corrected chi connectivity index (χ2v) is 8.22. The maximum atomic E-state index is 12.3. The summed E-state index contributed by atoms with van der Waals surface area (Å²) >= 11 is 3.80. The van der Waals surface area contributed by atoms with Gasteiger partial charge in [0.15, 0.2) is 0 Å². The molecule has 0 saturated heterocycles. The molecule has 0 atom stereocenters. The van der Waals surface area contributed by atoms with Crippen molar-refractivity contribution in [2.45, 2.75) is 11.8 Å². The first-order chi connectivity index (χ1) is 14.1. The molecule has 0 heterocycles. The van der Waals surface area contributed by atoms with Gasteiger partial charge in [-0.2, -0.15) is 0 Å². The minimum absolute atomic E-state index is 0.0125. The lowest BCUT2D eigenvalue weighted by Crippen LogP contribution is -2.34. The zero-order chi connectivity index (χ0) is 22.3. The molecule has 4 amide bonds. The largest absolute Gasteiger partial charge is 0.460 e. The van der Waals surface area contributed by atoms with E-state index in [0.717, 1.165) is 9.87 Å². The molecule has 4 N–H and O–H groups in total. The Morgan fingerprint density at radius 2 is 1.80 bits per heavy atom. The quantitative estimate of drug-likeness (QED) is 0.372. The number of carbonyl (C=O) groups excluding carboxylic acids is 3. The number of benzene rings is 2. The molecule has 10 nitrogen and oxygen atoms in total. The van der Waals surface area contributed by atoms with E-state index < -0.39 is 28.1 Å². The lowest BCUT2D eigenvalue weighted by atomic mass is 10.2. The van der Waals surface area contributed by atoms with Gasteiger partial charge in [-0.05, 0) is 37.3 Å². The van der Waals surface area contributed by atoms with Crippen LogP contribution in [0.4, 0.5) is 15.3 Å². The maximum Gasteiger partial charge on any atom is 0.338 e. The lowest BCUT2D eigenvalue weighted by Gasteiger charge is -2.13. The molecule has 0 bridgehead atoms. The molecule has 0 saturated carbocycles. The zero-order valence-corrected chi connectivity index (χ0v) is 17.6. The Balaban J connectivity index is 1.97. The van der Waals surface area contributed by atoms with Crippen LogP contribution in [0.2, 0.25) is 0 Å². The number of nitrogens with two attached hydrogens (primary N) is 1. The van der Waals surface area contributed by atoms with Crippen LogP contribution in [0.25, 0.3) is 0 Å². The van der Waals surface area contributed by atoms with Gasteiger partial charge in [0, 0.05) is 5.69 Å². The lowest BCUT2D eigenvalue weighted by molar-refractivity contribution is 0.0497. The van der Waals surface area contributed by atoms with Crippen molar-refractivity contribution in [2.24, 2.45) is 5.73 Å². The zero-order valence-electron chi connectivity index (χ0n) is 15.9. The van der Waals surface area contributed by atoms with Gasteiger partial charge < -0.3 is 15.8 Å². The number of primary amides is 1. The van der Waals surface area contributed by atoms with Gasteiger partial charge in [-0.15, -0.1) is 0 Å². The molecule has 12 heteroatoms. The van der Waals surface area contributed by atoms with E-state index in [2.05, 4.69) is 18.1 Å². The topological polar surface area (TPSA) is 148 Å². The fraction of sp³-hybridized carbons (Fsp3) is 0.167. The summed E-state index contributed by atoms with van der Waals surface area (Å²) in [5.74, 6) is -0.711. The summed E-state index contributed by atoms with van der Waals surface area (Å²) in [6.45, 7) is 1.65. The molecule has 2 aromatic carbocycles. The van der Waals surface area contributed by atoms with Gasteiger partial charge in [-0.25, -0.2) is 27.5 Å². The number of aryl methyl sites for hydroxylation is 1. The average Bonchev–Trinajstić information content (AvgIpc) is 2.67. The van der Waals surface area contributed by atoms with E-state index in [1.54, 1.807) is 19.1 Å². The third-order valence-corrected chi connectivity index (χ3v) is 5.45. The Labute approximate surface area is 179 Å². The Morgan fingerprint density at radius 1 is 1.13 bits per heavy atom. The van der Waals surface area contributed by atoms with Crippen LogP contribution < -0.4 is 15.8 Å². The van der Waals surface area contributed by atoms with E-state index in [4.69, 9.17) is 10.5 Å². The highest BCUT2D eigenvalue weighted by Crippen LogP contribution is 2.13. The highest BCUT2D eigenvalue weighted by atomic mass is 32.2. The van der Waals surface area contributed by atoms with Crippen molar-refractivity contribution >= 4 is 46.6 Å². The van der Waals surface area contributed by atoms with Crippen molar-refractivity contribution in [1.82, 2.24) is 9.03 Å². The number of hydrogen-bond acceptors (Lipinski definition) is 7. The number of nitrogens with zero attached hydrogens (tertiary/aromatic N) is 1. The molecule has 2 rings (SSSR count). The van der Waals surface area contributed by atoms with Gasteiger partial charge in [0.1, 0.15) is 6.61 Å². The molecule has 0 fully saturated rings. The van der Waals surface area contributed by atoms with Crippen LogP contribution in [0.3, 0.4) is 0 Å². The SMILES string of the molecule is Cc1ccc(S(=O)(=O)NC(=O)Nc2cccc(C(=O)OCCN(S)C(N)=O)c2)cc1. The predicted molar refractivity (Wildman–Crippen MR) is 113 cm³/mol. The van der Waals surface area contributed by atoms with Crippen LogP contribution in [0.5, 0.6) is 0 Å². The molecule has 0 aliphatic carbocycles. The van der Waals surface area contributed by atoms with Crippen molar-refractivity contribution in [3.63, 3.8) is 0 Å². The van der Waals surface area contributed by atoms with E-state index >= 15 is 0 Å². The number of urea groups is 2. The highest BCUT2D eigenvalue weighted by Gasteiger charge is 2.18. The number of amides is 4. The molecule has 0 radical (unpaired) electrons. The van der Waals surface area contributed by atoms with E-state index in [9.17, 15) is 22.8 Å². The minimum atomic E-state index is -4.05. The number of thiol groups is 1. The molecule has 30 heavy (non-hydrogen) atoms. The molecular weight excluding hydrogens is 432 g/mol. The summed E-state index contributed by atoms with van der Waals surface area (Å²) in [7, 11) is -4.05. The molecule has 0 unspecified atom stereocenters. The summed E-state index contributed by atoms with van der Waals surface area (Å²) in [5, 5.41) is 2.35. The number of hydrogen-bond donors (Lipinski definition) is 4. The van der Waals surface area contributed by atoms with Crippen molar-refractivity contribution in [3.05, 3.63) is 59.7 Å². The first kappa shape index (κ1) is 23.0. The Hall–Kier alpha value is -3.25. The van der Waals surface area contributed by atoms with Crippen LogP contribution in [0, 0.1) is 6.92 Å². The summed E-state index contributed by atoms with van der Waals surface area (Å²) in [6.07, 6.45) is 0. The van der Waals surface area contributed by atoms with E-state index in [-0.39, 0.29) is 29.3 Å². The van der Waals surface area contributed by atoms with E-state index in [1.165, 1.54) is 36.4 Å². The Bertz CT molecular complexity index is 1040. The highest BCUT2D eigenvalue weighted by molar-refractivity contribution is 7.90. The number of rotatable bonds is 7. The second kappa shape index (κ2) is 9.98. The molecule has 0 spiro atoms. The first-order valence-corrected chi connectivity index (χ1v) is 10.4. The van der Waals surface area contributed by atoms with Crippen LogP contribution in [-0.4, -0.2) is 43.9 Å². The van der Waals surface area contributed by atoms with Gasteiger partial charge in [0.25, 0.3) is 10.0 Å². The third kappa shape index (κ3) is 6.67. The van der Waals surface area contributed by atoms with Crippen LogP contribution in [-0.2, 0) is 14.8 Å². The summed E-state index contributed by atoms with van der Waals surface area (Å²) < 4.78 is 32.3. The predicted octanol–water partition coefficient (Wildman–Crippen LogP) is 1.89. The number of nitrogens with one attached hydrogen (secondary N) is 2. The van der Waals surface area contributed by atoms with Crippen molar-refractivity contribution in [1.29, 1.82) is 0 Å². The fourth-order valence-corrected chi connectivity index (χ4v) is 3.19. The number of esters is 1. The first-order valence-electron chi connectivity index (χ1n) is 8.52. The van der Waals surface area contributed by atoms with Crippen LogP contribution in [0.1, 0.15) is 15.9 Å². The van der Waals surface area contributed by atoms with Gasteiger partial charge >= 0.3 is 18.0 Å². The number of sulfonamides is 1. The molecular formula is C18H20N4O6S2. The standard InChI is InChI=1S/C18H20N4O6S2/c1-12-5-7-15(8-6-12)30(26,27)21-18(25)20-14-4-2-3-13(11-14)16(23)28-10-9-22(29)17(19)24/h2-8,11,29H,9-10H2,1H3,(H2,19,24)(H2,20,21,25). The molecule has 0 aliphatic heterocycles. The van der Waals surface area contributed by atoms with Crippen LogP contribution in [0.15, 0.2) is 53.4 Å². The van der Waals surface area contributed by atoms with Crippen molar-refractivity contribution < 1.29 is 27.5 Å². The molecule has 160 valence electrons. The fourth-order valence-electron chi connectivity index (χ4n) is 2.20. The maximum absolute atomic E-state index is 12.3. The summed E-state index contributed by atoms with van der Waals surface area (Å²) in [5.41, 5.74) is 6.16. The normalized spacial score (nSPS) is 10.7. The van der Waals surface area contributed by atoms with E-state index in [0.29, 0.717) is 0 Å². The number of carbonyl (C=O) groups is 3. The van der Waals surface area contributed by atoms with Gasteiger partial charge in [-0.3, -0.25) is 4.31 Å². The van der Waals surface area contributed by atoms with Crippen molar-refractivity contribution in [3.8, 4) is 0 Å². The third-order valence-electron chi connectivity index (χ3n) is 3.71. The summed E-state index contributed by atoms with van der Waals surface area (Å²) in [6, 6.07) is 9.91. The Kier molecular flexibility index (Phi) is 7.66. The average molecular weight is 453 g/mol. The molecule has 0 aromatic heterocycles. The van der Waals surface area contributed by atoms with Gasteiger partial charge in [0.05, 0.1) is 17.0 Å². The van der Waals surface area contributed by atoms with Gasteiger partial charge in [-0.1, -0.05) is 36.6 Å². The minimum Gasteiger partial charge on any atom is -0.460 e. The van der Waals surface area contributed by atoms with Crippen molar-refractivity contribution in [2.75, 3.05) is 18.5 Å². The monoisotopic (exact) mass is 452 g/mol. The van der Waals surface area contributed by atoms with Crippen LogP contribution >= 0.6 is 12.8 Å². The molecule has 0 aliphatic rings. The number of anilines is 1. The molecule has 2 aromatic rings. The number of ether oxygens (including phenoxy) is 1. The second-order valence-electron chi connectivity index (χ2n) is 6.05. The van der Waals surface area contributed by atoms with E-state index in [1.807, 2.05) is 4.72 Å². The smallest absolute Gasteiger partial charge is 0.338 e. The van der Waals surface area contributed by atoms with Gasteiger partial charge in [0.2, 0.25) is 0 Å². The Morgan fingerprint density at radius 3 is 2.43 bits per heavy atom.